The number of allylic oxidation sites excluding steroid dienone is 3. The molecular formula is C48H39ClF4N4S. The maximum Gasteiger partial charge on any atom is 0.149 e. The molecule has 0 saturated carbocycles. The van der Waals surface area contributed by atoms with Gasteiger partial charge in [-0.05, 0) is 86.5 Å². The van der Waals surface area contributed by atoms with E-state index in [2.05, 4.69) is 11.0 Å². The summed E-state index contributed by atoms with van der Waals surface area (Å²) in [6, 6.07) is 34.4. The van der Waals surface area contributed by atoms with Crippen molar-refractivity contribution in [1.82, 2.24) is 0 Å². The van der Waals surface area contributed by atoms with Crippen molar-refractivity contribution >= 4 is 56.3 Å². The first-order valence-electron chi connectivity index (χ1n) is 19.0. The van der Waals surface area contributed by atoms with Crippen molar-refractivity contribution in [1.29, 1.82) is 5.26 Å². The second-order valence-electron chi connectivity index (χ2n) is 13.4. The third-order valence-corrected chi connectivity index (χ3v) is 11.7. The maximum absolute atomic E-state index is 15.1. The number of thiophene rings is 1. The van der Waals surface area contributed by atoms with Gasteiger partial charge in [0.15, 0.2) is 0 Å². The number of likely N-dealkylation sites (N-methyl/N-ethyl adjacent to an activating group) is 1. The standard InChI is InChI=1S/C48H39ClF4N4S/c1-4-55(45-39(50)18-12-19-40(45)51)34-26-22-31(23-27-34)43(32-24-28-35(29-25-32)56(5-2)46-41(52)20-13-21-42(46)53)47-44(36-16-10-11-17-38(36)49)37(30-54)48(58-47)57(6-3)33-14-8-7-9-15-33/h7-29,34H,4-6H2,1-3H3. The van der Waals surface area contributed by atoms with Crippen molar-refractivity contribution in [3.05, 3.63) is 189 Å². The van der Waals surface area contributed by atoms with Crippen LogP contribution in [0, 0.1) is 34.6 Å². The minimum absolute atomic E-state index is 0.109. The van der Waals surface area contributed by atoms with Gasteiger partial charge in [-0.2, -0.15) is 5.26 Å². The zero-order chi connectivity index (χ0) is 40.9. The topological polar surface area (TPSA) is 33.5 Å². The molecule has 0 spiro atoms. The molecule has 7 rings (SSSR count). The van der Waals surface area contributed by atoms with Crippen molar-refractivity contribution in [3.8, 4) is 17.2 Å². The van der Waals surface area contributed by atoms with Crippen LogP contribution in [0.25, 0.3) is 16.7 Å². The number of hydrogen-bond donors (Lipinski definition) is 0. The first-order valence-corrected chi connectivity index (χ1v) is 20.2. The van der Waals surface area contributed by atoms with Gasteiger partial charge in [0.1, 0.15) is 45.7 Å². The van der Waals surface area contributed by atoms with E-state index in [1.165, 1.54) is 47.7 Å². The highest BCUT2D eigenvalue weighted by atomic mass is 35.5. The van der Waals surface area contributed by atoms with Crippen molar-refractivity contribution in [2.45, 2.75) is 26.8 Å². The van der Waals surface area contributed by atoms with Crippen LogP contribution in [0.5, 0.6) is 0 Å². The van der Waals surface area contributed by atoms with Gasteiger partial charge in [-0.3, -0.25) is 0 Å². The Kier molecular flexibility index (Phi) is 12.2. The van der Waals surface area contributed by atoms with Crippen LogP contribution >= 0.6 is 22.9 Å². The molecule has 0 N–H and O–H groups in total. The summed E-state index contributed by atoms with van der Waals surface area (Å²) in [5, 5.41) is 12.2. The smallest absolute Gasteiger partial charge is 0.149 e. The fourth-order valence-corrected chi connectivity index (χ4v) is 9.16. The van der Waals surface area contributed by atoms with Gasteiger partial charge in [0.05, 0.1) is 11.6 Å². The Hall–Kier alpha value is -6.08. The quantitative estimate of drug-likeness (QED) is 0.115. The number of nitriles is 1. The summed E-state index contributed by atoms with van der Waals surface area (Å²) in [5.41, 5.74) is 5.34. The van der Waals surface area contributed by atoms with E-state index in [0.29, 0.717) is 47.0 Å². The molecule has 1 aliphatic rings. The monoisotopic (exact) mass is 814 g/mol. The second-order valence-corrected chi connectivity index (χ2v) is 14.8. The second kappa shape index (κ2) is 17.6. The van der Waals surface area contributed by atoms with Crippen LogP contribution in [0.1, 0.15) is 36.8 Å². The Morgan fingerprint density at radius 2 is 1.21 bits per heavy atom. The Labute approximate surface area is 345 Å². The molecule has 1 aliphatic carbocycles. The molecule has 0 atom stereocenters. The molecule has 1 heterocycles. The Bertz CT molecular complexity index is 2520. The van der Waals surface area contributed by atoms with Crippen molar-refractivity contribution in [2.24, 2.45) is 0 Å². The van der Waals surface area contributed by atoms with Crippen LogP contribution < -0.4 is 14.7 Å². The van der Waals surface area contributed by atoms with Crippen LogP contribution in [-0.2, 0) is 0 Å². The molecule has 0 fully saturated rings. The van der Waals surface area contributed by atoms with Crippen LogP contribution in [0.4, 0.5) is 45.3 Å². The zero-order valence-electron chi connectivity index (χ0n) is 32.1. The average Bonchev–Trinajstić information content (AvgIpc) is 3.60. The minimum atomic E-state index is -0.671. The van der Waals surface area contributed by atoms with Gasteiger partial charge in [-0.1, -0.05) is 96.6 Å². The van der Waals surface area contributed by atoms with Crippen molar-refractivity contribution in [2.75, 3.05) is 34.3 Å². The fourth-order valence-electron chi connectivity index (χ4n) is 7.49. The minimum Gasteiger partial charge on any atom is -0.357 e. The van der Waals surface area contributed by atoms with Crippen LogP contribution in [0.3, 0.4) is 0 Å². The van der Waals surface area contributed by atoms with Gasteiger partial charge in [-0.25, -0.2) is 17.6 Å². The van der Waals surface area contributed by atoms with Gasteiger partial charge in [0, 0.05) is 57.6 Å². The molecule has 0 saturated heterocycles. The molecule has 5 aromatic carbocycles. The summed E-state index contributed by atoms with van der Waals surface area (Å²) in [5.74, 6) is -2.65. The number of anilines is 5. The lowest BCUT2D eigenvalue weighted by molar-refractivity contribution is 0.570. The summed E-state index contributed by atoms with van der Waals surface area (Å²) in [7, 11) is 0. The number of nitrogens with zero attached hydrogens (tertiary/aromatic N) is 4. The van der Waals surface area contributed by atoms with E-state index < -0.39 is 29.3 Å². The lowest BCUT2D eigenvalue weighted by Gasteiger charge is -2.31. The molecule has 1 aromatic heterocycles. The number of rotatable bonds is 12. The molecule has 0 unspecified atom stereocenters. The molecule has 58 heavy (non-hydrogen) atoms. The molecule has 0 radical (unpaired) electrons. The summed E-state index contributed by atoms with van der Waals surface area (Å²) < 4.78 is 60.2. The Morgan fingerprint density at radius 1 is 0.655 bits per heavy atom. The molecular weight excluding hydrogens is 776 g/mol. The number of para-hydroxylation sites is 3. The van der Waals surface area contributed by atoms with Gasteiger partial charge in [0.2, 0.25) is 0 Å². The Balaban J connectivity index is 1.46. The SMILES string of the molecule is CCN(c1ccccc1)c1sc(C(=C2C=CC(N(CC)c3c(F)cccc3F)C=C2)c2ccc(N(CC)c3c(F)cccc3F)cc2)c(-c2ccccc2Cl)c1C#N. The van der Waals surface area contributed by atoms with E-state index >= 15 is 17.6 Å². The largest absolute Gasteiger partial charge is 0.357 e. The predicted molar refractivity (Wildman–Crippen MR) is 232 cm³/mol. The fraction of sp³-hybridized carbons (Fsp3) is 0.146. The molecule has 0 aliphatic heterocycles. The highest BCUT2D eigenvalue weighted by Gasteiger charge is 2.30. The molecule has 292 valence electrons. The van der Waals surface area contributed by atoms with E-state index in [0.717, 1.165) is 32.3 Å². The summed E-state index contributed by atoms with van der Waals surface area (Å²) >= 11 is 8.42. The van der Waals surface area contributed by atoms with Gasteiger partial charge >= 0.3 is 0 Å². The summed E-state index contributed by atoms with van der Waals surface area (Å²) in [6.07, 6.45) is 7.66. The van der Waals surface area contributed by atoms with Gasteiger partial charge < -0.3 is 14.7 Å². The lowest BCUT2D eigenvalue weighted by atomic mass is 9.89. The lowest BCUT2D eigenvalue weighted by Crippen LogP contribution is -2.34. The van der Waals surface area contributed by atoms with Crippen molar-refractivity contribution < 1.29 is 17.6 Å². The van der Waals surface area contributed by atoms with Crippen LogP contribution in [0.15, 0.2) is 145 Å². The van der Waals surface area contributed by atoms with Gasteiger partial charge in [-0.15, -0.1) is 11.3 Å². The number of halogens is 5. The third-order valence-electron chi connectivity index (χ3n) is 10.2. The van der Waals surface area contributed by atoms with E-state index in [4.69, 9.17) is 11.6 Å². The normalized spacial score (nSPS) is 13.4. The third kappa shape index (κ3) is 7.66. The molecule has 10 heteroatoms. The van der Waals surface area contributed by atoms with Crippen molar-refractivity contribution in [3.63, 3.8) is 0 Å². The van der Waals surface area contributed by atoms with E-state index in [1.807, 2.05) is 118 Å². The number of benzene rings is 5. The first kappa shape index (κ1) is 40.1. The zero-order valence-corrected chi connectivity index (χ0v) is 33.6. The predicted octanol–water partition coefficient (Wildman–Crippen LogP) is 13.6. The highest BCUT2D eigenvalue weighted by molar-refractivity contribution is 7.18. The molecule has 0 bridgehead atoms. The number of hydrogen-bond acceptors (Lipinski definition) is 5. The van der Waals surface area contributed by atoms with E-state index in [9.17, 15) is 5.26 Å². The average molecular weight is 815 g/mol. The maximum atomic E-state index is 15.1. The highest BCUT2D eigenvalue weighted by Crippen LogP contribution is 2.51. The van der Waals surface area contributed by atoms with E-state index in [-0.39, 0.29) is 11.4 Å². The summed E-state index contributed by atoms with van der Waals surface area (Å²) in [4.78, 5) is 6.11. The first-order chi connectivity index (χ1) is 28.2. The molecule has 4 nitrogen and oxygen atoms in total. The summed E-state index contributed by atoms with van der Waals surface area (Å²) in [6.45, 7) is 6.91. The van der Waals surface area contributed by atoms with E-state index in [1.54, 1.807) is 15.9 Å². The Morgan fingerprint density at radius 3 is 1.76 bits per heavy atom. The van der Waals surface area contributed by atoms with Crippen LogP contribution in [0.2, 0.25) is 5.02 Å². The molecule has 0 amide bonds. The van der Waals surface area contributed by atoms with Gasteiger partial charge in [0.25, 0.3) is 0 Å². The molecule has 6 aromatic rings. The van der Waals surface area contributed by atoms with Crippen LogP contribution in [-0.4, -0.2) is 25.7 Å².